The van der Waals surface area contributed by atoms with E-state index in [-0.39, 0.29) is 11.9 Å². The van der Waals surface area contributed by atoms with E-state index in [1.807, 2.05) is 31.2 Å². The van der Waals surface area contributed by atoms with Gasteiger partial charge in [0.25, 0.3) is 5.91 Å². The predicted octanol–water partition coefficient (Wildman–Crippen LogP) is 4.69. The summed E-state index contributed by atoms with van der Waals surface area (Å²) >= 11 is 1.44. The number of ether oxygens (including phenoxy) is 1. The fourth-order valence-corrected chi connectivity index (χ4v) is 3.31. The molecule has 1 N–H and O–H groups in total. The van der Waals surface area contributed by atoms with Crippen molar-refractivity contribution in [1.29, 1.82) is 0 Å². The summed E-state index contributed by atoms with van der Waals surface area (Å²) in [5, 5.41) is 3.41. The van der Waals surface area contributed by atoms with Gasteiger partial charge in [-0.3, -0.25) is 10.1 Å². The first kappa shape index (κ1) is 17.1. The Bertz CT molecular complexity index is 1040. The molecule has 4 rings (SSSR count). The fraction of sp³-hybridized carbons (Fsp3) is 0.100. The molecule has 0 saturated heterocycles. The number of para-hydroxylation sites is 1. The summed E-state index contributed by atoms with van der Waals surface area (Å²) in [6.07, 6.45) is 4.35. The SMILES string of the molecule is CCc1cnc(Oc2ccc(C(=O)Nc3nc4ccccc4s3)cc2)nc1. The fourth-order valence-electron chi connectivity index (χ4n) is 2.45. The number of hydrogen-bond donors (Lipinski definition) is 1. The van der Waals surface area contributed by atoms with Crippen molar-refractivity contribution in [2.75, 3.05) is 5.32 Å². The van der Waals surface area contributed by atoms with Gasteiger partial charge in [-0.05, 0) is 48.4 Å². The van der Waals surface area contributed by atoms with E-state index >= 15 is 0 Å². The van der Waals surface area contributed by atoms with Crippen molar-refractivity contribution < 1.29 is 9.53 Å². The van der Waals surface area contributed by atoms with Crippen molar-refractivity contribution in [3.63, 3.8) is 0 Å². The number of carbonyl (C=O) groups is 1. The first-order chi connectivity index (χ1) is 13.2. The van der Waals surface area contributed by atoms with Gasteiger partial charge in [-0.2, -0.15) is 0 Å². The third-order valence-corrected chi connectivity index (χ3v) is 4.88. The molecule has 2 aromatic heterocycles. The van der Waals surface area contributed by atoms with E-state index in [1.165, 1.54) is 11.3 Å². The molecular weight excluding hydrogens is 360 g/mol. The Kier molecular flexibility index (Phi) is 4.76. The predicted molar refractivity (Wildman–Crippen MR) is 105 cm³/mol. The van der Waals surface area contributed by atoms with E-state index < -0.39 is 0 Å². The average Bonchev–Trinajstić information content (AvgIpc) is 3.11. The Labute approximate surface area is 159 Å². The van der Waals surface area contributed by atoms with Gasteiger partial charge < -0.3 is 4.74 Å². The van der Waals surface area contributed by atoms with Gasteiger partial charge in [-0.25, -0.2) is 15.0 Å². The largest absolute Gasteiger partial charge is 0.424 e. The lowest BCUT2D eigenvalue weighted by Crippen LogP contribution is -2.11. The van der Waals surface area contributed by atoms with Crippen LogP contribution in [-0.4, -0.2) is 20.9 Å². The molecular formula is C20H16N4O2S. The molecule has 0 spiro atoms. The maximum Gasteiger partial charge on any atom is 0.321 e. The highest BCUT2D eigenvalue weighted by atomic mass is 32.1. The number of rotatable bonds is 5. The Morgan fingerprint density at radius 2 is 1.81 bits per heavy atom. The molecule has 1 amide bonds. The molecule has 0 fully saturated rings. The normalized spacial score (nSPS) is 10.7. The highest BCUT2D eigenvalue weighted by Crippen LogP contribution is 2.26. The molecule has 27 heavy (non-hydrogen) atoms. The zero-order chi connectivity index (χ0) is 18.6. The molecule has 2 heterocycles. The van der Waals surface area contributed by atoms with Crippen LogP contribution in [0.2, 0.25) is 0 Å². The summed E-state index contributed by atoms with van der Waals surface area (Å²) in [4.78, 5) is 25.2. The number of carbonyl (C=O) groups excluding carboxylic acids is 1. The number of nitrogens with zero attached hydrogens (tertiary/aromatic N) is 3. The number of benzene rings is 2. The smallest absolute Gasteiger partial charge is 0.321 e. The Hall–Kier alpha value is -3.32. The van der Waals surface area contributed by atoms with Gasteiger partial charge in [0.15, 0.2) is 5.13 Å². The van der Waals surface area contributed by atoms with Crippen LogP contribution in [0.15, 0.2) is 60.9 Å². The minimum Gasteiger partial charge on any atom is -0.424 e. The quantitative estimate of drug-likeness (QED) is 0.547. The number of anilines is 1. The molecule has 7 heteroatoms. The van der Waals surface area contributed by atoms with Gasteiger partial charge in [0, 0.05) is 18.0 Å². The minimum absolute atomic E-state index is 0.218. The van der Waals surface area contributed by atoms with E-state index in [9.17, 15) is 4.79 Å². The van der Waals surface area contributed by atoms with Crippen LogP contribution in [0.25, 0.3) is 10.2 Å². The summed E-state index contributed by atoms with van der Waals surface area (Å²) in [5.74, 6) is 0.347. The molecule has 0 unspecified atom stereocenters. The molecule has 0 aliphatic rings. The van der Waals surface area contributed by atoms with Crippen LogP contribution in [0.1, 0.15) is 22.8 Å². The molecule has 0 saturated carbocycles. The van der Waals surface area contributed by atoms with Gasteiger partial charge >= 0.3 is 6.01 Å². The first-order valence-electron chi connectivity index (χ1n) is 8.47. The summed E-state index contributed by atoms with van der Waals surface area (Å²) in [6, 6.07) is 14.9. The van der Waals surface area contributed by atoms with E-state index in [0.29, 0.717) is 16.4 Å². The Balaban J connectivity index is 1.43. The lowest BCUT2D eigenvalue weighted by molar-refractivity contribution is 0.102. The van der Waals surface area contributed by atoms with Gasteiger partial charge in [0.05, 0.1) is 10.2 Å². The lowest BCUT2D eigenvalue weighted by atomic mass is 10.2. The lowest BCUT2D eigenvalue weighted by Gasteiger charge is -2.05. The second-order valence-electron chi connectivity index (χ2n) is 5.79. The molecule has 134 valence electrons. The van der Waals surface area contributed by atoms with E-state index in [4.69, 9.17) is 4.74 Å². The van der Waals surface area contributed by atoms with Crippen LogP contribution >= 0.6 is 11.3 Å². The van der Waals surface area contributed by atoms with Crippen LogP contribution in [-0.2, 0) is 6.42 Å². The van der Waals surface area contributed by atoms with Crippen LogP contribution in [0.4, 0.5) is 5.13 Å². The molecule has 6 nitrogen and oxygen atoms in total. The second kappa shape index (κ2) is 7.51. The molecule has 2 aromatic carbocycles. The third kappa shape index (κ3) is 3.93. The number of aryl methyl sites for hydroxylation is 1. The second-order valence-corrected chi connectivity index (χ2v) is 6.83. The highest BCUT2D eigenvalue weighted by molar-refractivity contribution is 7.22. The summed E-state index contributed by atoms with van der Waals surface area (Å²) in [7, 11) is 0. The molecule has 0 atom stereocenters. The van der Waals surface area contributed by atoms with Gasteiger partial charge in [-0.1, -0.05) is 30.4 Å². The summed E-state index contributed by atoms with van der Waals surface area (Å²) in [5.41, 5.74) is 2.43. The Morgan fingerprint density at radius 3 is 2.52 bits per heavy atom. The molecule has 0 aliphatic heterocycles. The summed E-state index contributed by atoms with van der Waals surface area (Å²) < 4.78 is 6.64. The molecule has 0 bridgehead atoms. The molecule has 0 radical (unpaired) electrons. The maximum absolute atomic E-state index is 12.4. The van der Waals surface area contributed by atoms with Crippen molar-refractivity contribution in [2.24, 2.45) is 0 Å². The van der Waals surface area contributed by atoms with Crippen LogP contribution in [0, 0.1) is 0 Å². The highest BCUT2D eigenvalue weighted by Gasteiger charge is 2.10. The van der Waals surface area contributed by atoms with Crippen LogP contribution in [0.3, 0.4) is 0 Å². The number of fused-ring (bicyclic) bond motifs is 1. The zero-order valence-electron chi connectivity index (χ0n) is 14.5. The molecule has 4 aromatic rings. The monoisotopic (exact) mass is 376 g/mol. The van der Waals surface area contributed by atoms with Crippen molar-refractivity contribution >= 4 is 32.6 Å². The number of nitrogens with one attached hydrogen (secondary N) is 1. The van der Waals surface area contributed by atoms with Crippen molar-refractivity contribution in [3.05, 3.63) is 72.1 Å². The Morgan fingerprint density at radius 1 is 1.07 bits per heavy atom. The van der Waals surface area contributed by atoms with Crippen LogP contribution in [0.5, 0.6) is 11.8 Å². The average molecular weight is 376 g/mol. The van der Waals surface area contributed by atoms with E-state index in [2.05, 4.69) is 20.3 Å². The number of amides is 1. The van der Waals surface area contributed by atoms with E-state index in [0.717, 1.165) is 22.2 Å². The maximum atomic E-state index is 12.4. The van der Waals surface area contributed by atoms with Gasteiger partial charge in [-0.15, -0.1) is 0 Å². The van der Waals surface area contributed by atoms with Gasteiger partial charge in [0.1, 0.15) is 5.75 Å². The van der Waals surface area contributed by atoms with Crippen molar-refractivity contribution in [3.8, 4) is 11.8 Å². The molecule has 0 aliphatic carbocycles. The summed E-state index contributed by atoms with van der Waals surface area (Å²) in [6.45, 7) is 2.04. The van der Waals surface area contributed by atoms with Gasteiger partial charge in [0.2, 0.25) is 0 Å². The van der Waals surface area contributed by atoms with E-state index in [1.54, 1.807) is 36.7 Å². The minimum atomic E-state index is -0.218. The first-order valence-corrected chi connectivity index (χ1v) is 9.28. The standard InChI is InChI=1S/C20H16N4O2S/c1-2-13-11-21-19(22-12-13)26-15-9-7-14(8-10-15)18(25)24-20-23-16-5-3-4-6-17(16)27-20/h3-12H,2H2,1H3,(H,23,24,25). The number of thiazole rings is 1. The third-order valence-electron chi connectivity index (χ3n) is 3.93. The van der Waals surface area contributed by atoms with Crippen molar-refractivity contribution in [2.45, 2.75) is 13.3 Å². The van der Waals surface area contributed by atoms with Crippen molar-refractivity contribution in [1.82, 2.24) is 15.0 Å². The van der Waals surface area contributed by atoms with Crippen LogP contribution < -0.4 is 10.1 Å². The zero-order valence-corrected chi connectivity index (χ0v) is 15.4. The number of hydrogen-bond acceptors (Lipinski definition) is 6. The topological polar surface area (TPSA) is 77.0 Å². The number of aromatic nitrogens is 3.